The lowest BCUT2D eigenvalue weighted by Crippen LogP contribution is -2.31. The molecule has 2 aliphatic heterocycles. The predicted molar refractivity (Wildman–Crippen MR) is 107 cm³/mol. The Balaban J connectivity index is 0.00000104. The molecule has 4 heterocycles. The number of nitrogens with two attached hydrogens (primary N) is 1. The Kier molecular flexibility index (Phi) is 8.31. The number of anilines is 1. The van der Waals surface area contributed by atoms with Crippen molar-refractivity contribution in [2.75, 3.05) is 24.5 Å². The van der Waals surface area contributed by atoms with E-state index in [1.54, 1.807) is 6.20 Å². The van der Waals surface area contributed by atoms with Crippen LogP contribution in [0, 0.1) is 0 Å². The van der Waals surface area contributed by atoms with Gasteiger partial charge < -0.3 is 16.0 Å². The third-order valence-electron chi connectivity index (χ3n) is 4.33. The topological polar surface area (TPSA) is 80.0 Å². The van der Waals surface area contributed by atoms with Gasteiger partial charge in [0.15, 0.2) is 5.82 Å². The number of fused-ring (bicyclic) bond motifs is 1. The van der Waals surface area contributed by atoms with E-state index in [0.29, 0.717) is 5.82 Å². The molecule has 0 aromatic carbocycles. The van der Waals surface area contributed by atoms with Gasteiger partial charge in [-0.2, -0.15) is 0 Å². The first kappa shape index (κ1) is 21.9. The van der Waals surface area contributed by atoms with Crippen molar-refractivity contribution in [1.82, 2.24) is 20.3 Å². The highest BCUT2D eigenvalue weighted by molar-refractivity contribution is 5.86. The lowest BCUT2D eigenvalue weighted by atomic mass is 10.1. The molecule has 25 heavy (non-hydrogen) atoms. The summed E-state index contributed by atoms with van der Waals surface area (Å²) in [5.74, 6) is 1.76. The van der Waals surface area contributed by atoms with Gasteiger partial charge in [-0.15, -0.1) is 37.2 Å². The summed E-state index contributed by atoms with van der Waals surface area (Å²) in [6, 6.07) is 6.07. The highest BCUT2D eigenvalue weighted by atomic mass is 35.5. The highest BCUT2D eigenvalue weighted by Crippen LogP contribution is 2.28. The fraction of sp³-hybridized carbons (Fsp3) is 0.438. The number of nitrogens with one attached hydrogen (secondary N) is 1. The second-order valence-corrected chi connectivity index (χ2v) is 5.93. The molecule has 2 aromatic rings. The van der Waals surface area contributed by atoms with Crippen molar-refractivity contribution in [3.63, 3.8) is 0 Å². The van der Waals surface area contributed by atoms with Gasteiger partial charge in [-0.1, -0.05) is 6.07 Å². The number of hydrogen-bond acceptors (Lipinski definition) is 6. The molecular weight excluding hydrogens is 383 g/mol. The molecule has 2 aliphatic rings. The first-order valence-corrected chi connectivity index (χ1v) is 7.84. The average Bonchev–Trinajstić information content (AvgIpc) is 3.01. The number of hydrogen-bond donors (Lipinski definition) is 2. The van der Waals surface area contributed by atoms with Crippen LogP contribution in [-0.2, 0) is 13.0 Å². The lowest BCUT2D eigenvalue weighted by Gasteiger charge is -2.25. The monoisotopic (exact) mass is 404 g/mol. The van der Waals surface area contributed by atoms with Gasteiger partial charge in [0.1, 0.15) is 11.5 Å². The summed E-state index contributed by atoms with van der Waals surface area (Å²) in [5.41, 5.74) is 9.26. The van der Waals surface area contributed by atoms with E-state index in [1.165, 1.54) is 5.56 Å². The van der Waals surface area contributed by atoms with Crippen LogP contribution in [0.4, 0.5) is 5.82 Å². The molecule has 9 heteroatoms. The van der Waals surface area contributed by atoms with E-state index in [-0.39, 0.29) is 43.3 Å². The molecule has 3 N–H and O–H groups in total. The molecule has 2 aromatic heterocycles. The molecule has 0 bridgehead atoms. The summed E-state index contributed by atoms with van der Waals surface area (Å²) in [5, 5.41) is 3.39. The number of rotatable bonds is 2. The molecule has 1 saturated heterocycles. The summed E-state index contributed by atoms with van der Waals surface area (Å²) in [4.78, 5) is 16.3. The normalized spacial score (nSPS) is 18.4. The van der Waals surface area contributed by atoms with E-state index in [1.807, 2.05) is 18.2 Å². The first-order valence-electron chi connectivity index (χ1n) is 7.84. The van der Waals surface area contributed by atoms with E-state index < -0.39 is 0 Å². The van der Waals surface area contributed by atoms with Crippen LogP contribution in [-0.4, -0.2) is 40.6 Å². The Morgan fingerprint density at radius 1 is 1.16 bits per heavy atom. The Labute approximate surface area is 166 Å². The fourth-order valence-corrected chi connectivity index (χ4v) is 3.19. The molecule has 138 valence electrons. The zero-order chi connectivity index (χ0) is 14.9. The Bertz CT molecular complexity index is 685. The van der Waals surface area contributed by atoms with Crippen molar-refractivity contribution in [3.05, 3.63) is 35.7 Å². The van der Waals surface area contributed by atoms with Crippen LogP contribution < -0.4 is 16.0 Å². The van der Waals surface area contributed by atoms with Crippen LogP contribution in [0.1, 0.15) is 17.7 Å². The minimum Gasteiger partial charge on any atom is -0.355 e. The molecule has 6 nitrogen and oxygen atoms in total. The highest BCUT2D eigenvalue weighted by Gasteiger charge is 2.26. The Hall–Kier alpha value is -1.18. The standard InChI is InChI=1S/C16H20N6.3ClH/c17-11-5-8-22(10-11)16-12-4-7-18-9-14(12)20-15(21-16)13-3-1-2-6-19-13;;;/h1-3,6,11,18H,4-5,7-10,17H2;3*1H. The van der Waals surface area contributed by atoms with Crippen LogP contribution >= 0.6 is 37.2 Å². The van der Waals surface area contributed by atoms with Crippen molar-refractivity contribution in [3.8, 4) is 11.5 Å². The van der Waals surface area contributed by atoms with Crippen molar-refractivity contribution in [1.29, 1.82) is 0 Å². The van der Waals surface area contributed by atoms with Gasteiger partial charge in [-0.3, -0.25) is 4.98 Å². The first-order chi connectivity index (χ1) is 10.8. The van der Waals surface area contributed by atoms with Crippen molar-refractivity contribution < 1.29 is 0 Å². The number of aromatic nitrogens is 3. The predicted octanol–water partition coefficient (Wildman–Crippen LogP) is 1.99. The van der Waals surface area contributed by atoms with Gasteiger partial charge in [0, 0.05) is 37.4 Å². The maximum atomic E-state index is 6.08. The van der Waals surface area contributed by atoms with Gasteiger partial charge in [0.2, 0.25) is 0 Å². The molecule has 4 rings (SSSR count). The second kappa shape index (κ2) is 9.50. The van der Waals surface area contributed by atoms with Crippen LogP contribution in [0.2, 0.25) is 0 Å². The van der Waals surface area contributed by atoms with Crippen molar-refractivity contribution in [2.24, 2.45) is 5.73 Å². The number of nitrogens with zero attached hydrogens (tertiary/aromatic N) is 4. The molecule has 0 amide bonds. The summed E-state index contributed by atoms with van der Waals surface area (Å²) in [6.07, 6.45) is 3.77. The van der Waals surface area contributed by atoms with E-state index in [4.69, 9.17) is 15.7 Å². The Morgan fingerprint density at radius 3 is 2.68 bits per heavy atom. The zero-order valence-corrected chi connectivity index (χ0v) is 16.2. The van der Waals surface area contributed by atoms with Crippen molar-refractivity contribution >= 4 is 43.0 Å². The lowest BCUT2D eigenvalue weighted by molar-refractivity contribution is 0.621. The maximum Gasteiger partial charge on any atom is 0.180 e. The second-order valence-electron chi connectivity index (χ2n) is 5.93. The molecule has 1 fully saturated rings. The molecule has 0 spiro atoms. The van der Waals surface area contributed by atoms with Gasteiger partial charge in [0.05, 0.1) is 5.69 Å². The quantitative estimate of drug-likeness (QED) is 0.795. The fourth-order valence-electron chi connectivity index (χ4n) is 3.19. The maximum absolute atomic E-state index is 6.08. The third kappa shape index (κ3) is 4.51. The van der Waals surface area contributed by atoms with Crippen LogP contribution in [0.25, 0.3) is 11.5 Å². The summed E-state index contributed by atoms with van der Waals surface area (Å²) < 4.78 is 0. The van der Waals surface area contributed by atoms with Crippen LogP contribution in [0.15, 0.2) is 24.4 Å². The minimum atomic E-state index is 0. The van der Waals surface area contributed by atoms with Crippen LogP contribution in [0.5, 0.6) is 0 Å². The minimum absolute atomic E-state index is 0. The summed E-state index contributed by atoms with van der Waals surface area (Å²) in [7, 11) is 0. The average molecular weight is 406 g/mol. The number of pyridine rings is 1. The van der Waals surface area contributed by atoms with E-state index >= 15 is 0 Å². The molecule has 0 saturated carbocycles. The molecule has 0 aliphatic carbocycles. The van der Waals surface area contributed by atoms with E-state index in [0.717, 1.165) is 56.2 Å². The third-order valence-corrected chi connectivity index (χ3v) is 4.33. The van der Waals surface area contributed by atoms with Gasteiger partial charge in [0.25, 0.3) is 0 Å². The SMILES string of the molecule is Cl.Cl.Cl.NC1CCN(c2nc(-c3ccccn3)nc3c2CCNC3)C1. The van der Waals surface area contributed by atoms with Gasteiger partial charge >= 0.3 is 0 Å². The van der Waals surface area contributed by atoms with Crippen LogP contribution in [0.3, 0.4) is 0 Å². The van der Waals surface area contributed by atoms with E-state index in [9.17, 15) is 0 Å². The van der Waals surface area contributed by atoms with Crippen molar-refractivity contribution in [2.45, 2.75) is 25.4 Å². The molecule has 1 atom stereocenters. The Morgan fingerprint density at radius 2 is 2.00 bits per heavy atom. The van der Waals surface area contributed by atoms with E-state index in [2.05, 4.69) is 15.2 Å². The largest absolute Gasteiger partial charge is 0.355 e. The molecule has 1 unspecified atom stereocenters. The smallest absolute Gasteiger partial charge is 0.180 e. The molecular formula is C16H23Cl3N6. The zero-order valence-electron chi connectivity index (χ0n) is 13.7. The number of halogens is 3. The summed E-state index contributed by atoms with van der Waals surface area (Å²) in [6.45, 7) is 3.62. The summed E-state index contributed by atoms with van der Waals surface area (Å²) >= 11 is 0. The molecule has 0 radical (unpaired) electrons. The van der Waals surface area contributed by atoms with Gasteiger partial charge in [-0.05, 0) is 31.5 Å². The van der Waals surface area contributed by atoms with Gasteiger partial charge in [-0.25, -0.2) is 9.97 Å².